The number of aromatic hydroxyl groups is 1. The maximum absolute atomic E-state index is 12.6. The average molecular weight is 272 g/mol. The summed E-state index contributed by atoms with van der Waals surface area (Å²) in [6.45, 7) is 3.31. The molecule has 0 aromatic heterocycles. The van der Waals surface area contributed by atoms with E-state index in [2.05, 4.69) is 0 Å². The number of phenols is 1. The van der Waals surface area contributed by atoms with Gasteiger partial charge in [-0.2, -0.15) is 0 Å². The van der Waals surface area contributed by atoms with Gasteiger partial charge in [-0.15, -0.1) is 0 Å². The Morgan fingerprint density at radius 1 is 1.25 bits per heavy atom. The summed E-state index contributed by atoms with van der Waals surface area (Å²) in [6, 6.07) is 6.52. The predicted molar refractivity (Wildman–Crippen MR) is 74.3 cm³/mol. The molecule has 1 aliphatic rings. The van der Waals surface area contributed by atoms with Gasteiger partial charge < -0.3 is 9.84 Å². The molecule has 1 aromatic carbocycles. The Balaban J connectivity index is 2.70. The highest BCUT2D eigenvalue weighted by molar-refractivity contribution is 6.13. The van der Waals surface area contributed by atoms with Crippen molar-refractivity contribution in [2.45, 2.75) is 19.3 Å². The lowest BCUT2D eigenvalue weighted by Crippen LogP contribution is -2.40. The first-order valence-electron chi connectivity index (χ1n) is 6.23. The molecule has 4 heteroatoms. The number of ketones is 1. The van der Waals surface area contributed by atoms with Gasteiger partial charge in [0.2, 0.25) is 0 Å². The number of carbonyl (C=O) groups excluding carboxylic acids is 2. The fourth-order valence-corrected chi connectivity index (χ4v) is 2.51. The van der Waals surface area contributed by atoms with Crippen LogP contribution in [0.25, 0.3) is 0 Å². The van der Waals surface area contributed by atoms with Crippen LogP contribution in [0.1, 0.15) is 19.4 Å². The molecule has 2 rings (SSSR count). The van der Waals surface area contributed by atoms with E-state index in [1.807, 2.05) is 0 Å². The number of hydrogen-bond acceptors (Lipinski definition) is 4. The van der Waals surface area contributed by atoms with E-state index in [0.717, 1.165) is 0 Å². The minimum Gasteiger partial charge on any atom is -0.508 e. The Labute approximate surface area is 117 Å². The third-order valence-corrected chi connectivity index (χ3v) is 3.70. The number of methoxy groups -OCH3 is 1. The summed E-state index contributed by atoms with van der Waals surface area (Å²) in [4.78, 5) is 24.6. The van der Waals surface area contributed by atoms with Crippen LogP contribution < -0.4 is 0 Å². The van der Waals surface area contributed by atoms with Crippen molar-refractivity contribution in [2.24, 2.45) is 0 Å². The Bertz CT molecular complexity index is 640. The summed E-state index contributed by atoms with van der Waals surface area (Å²) in [7, 11) is 1.27. The highest BCUT2D eigenvalue weighted by Crippen LogP contribution is 2.42. The van der Waals surface area contributed by atoms with Crippen LogP contribution in [0.3, 0.4) is 0 Å². The third kappa shape index (κ3) is 1.93. The van der Waals surface area contributed by atoms with Crippen molar-refractivity contribution in [3.8, 4) is 5.75 Å². The molecule has 0 saturated carbocycles. The molecule has 1 unspecified atom stereocenters. The maximum atomic E-state index is 12.6. The third-order valence-electron chi connectivity index (χ3n) is 3.70. The van der Waals surface area contributed by atoms with Crippen LogP contribution in [-0.4, -0.2) is 24.0 Å². The molecule has 1 aromatic rings. The second-order valence-corrected chi connectivity index (χ2v) is 4.89. The molecule has 0 bridgehead atoms. The summed E-state index contributed by atoms with van der Waals surface area (Å²) in [5.74, 6) is -0.817. The maximum Gasteiger partial charge on any atom is 0.335 e. The van der Waals surface area contributed by atoms with Gasteiger partial charge in [0.25, 0.3) is 0 Å². The monoisotopic (exact) mass is 272 g/mol. The molecule has 4 nitrogen and oxygen atoms in total. The molecular weight excluding hydrogens is 256 g/mol. The van der Waals surface area contributed by atoms with Gasteiger partial charge in [0.05, 0.1) is 18.1 Å². The van der Waals surface area contributed by atoms with Crippen LogP contribution in [0.15, 0.2) is 47.6 Å². The number of allylic oxidation sites excluding steroid dienone is 3. The normalized spacial score (nSPS) is 22.1. The number of benzene rings is 1. The van der Waals surface area contributed by atoms with Crippen LogP contribution in [0.2, 0.25) is 0 Å². The zero-order valence-corrected chi connectivity index (χ0v) is 11.6. The topological polar surface area (TPSA) is 63.6 Å². The fourth-order valence-electron chi connectivity index (χ4n) is 2.51. The van der Waals surface area contributed by atoms with E-state index >= 15 is 0 Å². The van der Waals surface area contributed by atoms with Crippen molar-refractivity contribution in [3.63, 3.8) is 0 Å². The molecule has 1 aliphatic carbocycles. The van der Waals surface area contributed by atoms with E-state index in [1.165, 1.54) is 13.2 Å². The SMILES string of the molecule is COC(=O)C1=CC=C(C)C(=O)C1(C)c1ccccc1O. The predicted octanol–water partition coefficient (Wildman–Crippen LogP) is 2.28. The van der Waals surface area contributed by atoms with Gasteiger partial charge in [0.15, 0.2) is 5.78 Å². The summed E-state index contributed by atoms with van der Waals surface area (Å²) < 4.78 is 4.76. The zero-order valence-electron chi connectivity index (χ0n) is 11.6. The lowest BCUT2D eigenvalue weighted by molar-refractivity contribution is -0.138. The van der Waals surface area contributed by atoms with Gasteiger partial charge in [-0.25, -0.2) is 4.79 Å². The van der Waals surface area contributed by atoms with Gasteiger partial charge in [-0.3, -0.25) is 4.79 Å². The first-order chi connectivity index (χ1) is 9.42. The van der Waals surface area contributed by atoms with Crippen molar-refractivity contribution in [1.82, 2.24) is 0 Å². The number of ether oxygens (including phenoxy) is 1. The van der Waals surface area contributed by atoms with E-state index in [-0.39, 0.29) is 17.1 Å². The minimum atomic E-state index is -1.24. The molecule has 1 N–H and O–H groups in total. The van der Waals surface area contributed by atoms with Gasteiger partial charge in [0.1, 0.15) is 5.75 Å². The molecule has 0 amide bonds. The molecule has 20 heavy (non-hydrogen) atoms. The molecule has 0 radical (unpaired) electrons. The second-order valence-electron chi connectivity index (χ2n) is 4.89. The van der Waals surface area contributed by atoms with Crippen LogP contribution in [-0.2, 0) is 19.7 Å². The van der Waals surface area contributed by atoms with Gasteiger partial charge in [-0.1, -0.05) is 30.4 Å². The van der Waals surface area contributed by atoms with Gasteiger partial charge >= 0.3 is 5.97 Å². The Morgan fingerprint density at radius 2 is 1.90 bits per heavy atom. The fraction of sp³-hybridized carbons (Fsp3) is 0.250. The van der Waals surface area contributed by atoms with Crippen molar-refractivity contribution in [2.75, 3.05) is 7.11 Å². The largest absolute Gasteiger partial charge is 0.508 e. The van der Waals surface area contributed by atoms with Gasteiger partial charge in [0, 0.05) is 5.56 Å². The Hall–Kier alpha value is -2.36. The number of hydrogen-bond donors (Lipinski definition) is 1. The molecule has 0 fully saturated rings. The quantitative estimate of drug-likeness (QED) is 0.839. The van der Waals surface area contributed by atoms with Crippen molar-refractivity contribution >= 4 is 11.8 Å². The van der Waals surface area contributed by atoms with E-state index in [4.69, 9.17) is 4.74 Å². The molecule has 1 atom stereocenters. The van der Waals surface area contributed by atoms with Crippen molar-refractivity contribution in [3.05, 3.63) is 53.1 Å². The second kappa shape index (κ2) is 4.96. The summed E-state index contributed by atoms with van der Waals surface area (Å²) >= 11 is 0. The standard InChI is InChI=1S/C16H16O4/c1-10-8-9-12(15(19)20-3)16(2,14(10)18)11-6-4-5-7-13(11)17/h4-9,17H,1-3H3. The number of Topliss-reactive ketones (excluding diaryl/α,β-unsaturated/α-hetero) is 1. The number of para-hydroxylation sites is 1. The zero-order chi connectivity index (χ0) is 14.9. The highest BCUT2D eigenvalue weighted by atomic mass is 16.5. The molecule has 0 saturated heterocycles. The first kappa shape index (κ1) is 14.1. The lowest BCUT2D eigenvalue weighted by atomic mass is 9.68. The Kier molecular flexibility index (Phi) is 3.49. The Morgan fingerprint density at radius 3 is 2.50 bits per heavy atom. The molecule has 0 heterocycles. The van der Waals surface area contributed by atoms with Crippen LogP contribution >= 0.6 is 0 Å². The van der Waals surface area contributed by atoms with Crippen molar-refractivity contribution in [1.29, 1.82) is 0 Å². The lowest BCUT2D eigenvalue weighted by Gasteiger charge is -2.33. The minimum absolute atomic E-state index is 0.0205. The summed E-state index contributed by atoms with van der Waals surface area (Å²) in [5, 5.41) is 10.1. The van der Waals surface area contributed by atoms with E-state index in [1.54, 1.807) is 44.2 Å². The highest BCUT2D eigenvalue weighted by Gasteiger charge is 2.45. The van der Waals surface area contributed by atoms with E-state index in [0.29, 0.717) is 11.1 Å². The average Bonchev–Trinajstić information content (AvgIpc) is 2.44. The molecular formula is C16H16O4. The van der Waals surface area contributed by atoms with Crippen LogP contribution in [0, 0.1) is 0 Å². The smallest absolute Gasteiger partial charge is 0.335 e. The van der Waals surface area contributed by atoms with Crippen LogP contribution in [0.4, 0.5) is 0 Å². The number of phenolic OH excluding ortho intramolecular Hbond substituents is 1. The van der Waals surface area contributed by atoms with Crippen LogP contribution in [0.5, 0.6) is 5.75 Å². The molecule has 0 aliphatic heterocycles. The van der Waals surface area contributed by atoms with Gasteiger partial charge in [-0.05, 0) is 25.5 Å². The molecule has 0 spiro atoms. The first-order valence-corrected chi connectivity index (χ1v) is 6.23. The molecule has 104 valence electrons. The number of carbonyl (C=O) groups is 2. The summed E-state index contributed by atoms with van der Waals surface area (Å²) in [6.07, 6.45) is 3.17. The van der Waals surface area contributed by atoms with E-state index in [9.17, 15) is 14.7 Å². The number of rotatable bonds is 2. The van der Waals surface area contributed by atoms with Crippen molar-refractivity contribution < 1.29 is 19.4 Å². The number of esters is 1. The summed E-state index contributed by atoms with van der Waals surface area (Å²) in [5.41, 5.74) is -0.0910. The van der Waals surface area contributed by atoms with E-state index < -0.39 is 11.4 Å².